The molecule has 3 aromatic rings. The van der Waals surface area contributed by atoms with Gasteiger partial charge >= 0.3 is 0 Å². The highest BCUT2D eigenvalue weighted by molar-refractivity contribution is 7.92. The largest absolute Gasteiger partial charge is 0.497 e. The molecule has 168 valence electrons. The fraction of sp³-hybridized carbons (Fsp3) is 0.174. The Morgan fingerprint density at radius 3 is 2.22 bits per heavy atom. The van der Waals surface area contributed by atoms with Crippen LogP contribution in [0, 0.1) is 6.92 Å². The molecule has 0 saturated carbocycles. The van der Waals surface area contributed by atoms with Crippen molar-refractivity contribution in [2.45, 2.75) is 24.8 Å². The van der Waals surface area contributed by atoms with Crippen molar-refractivity contribution in [2.24, 2.45) is 0 Å². The number of ether oxygens (including phenoxy) is 2. The molecule has 9 heteroatoms. The molecule has 0 aromatic heterocycles. The molecule has 3 aromatic carbocycles. The van der Waals surface area contributed by atoms with Crippen LogP contribution in [-0.2, 0) is 14.8 Å². The SMILES string of the molecule is COc1ccc(O[C@@H](C)C(=O)Nc2ccc(S(=O)(=O)Nc3cccc(Cl)c3C)cc2)cc1. The molecule has 0 aliphatic heterocycles. The van der Waals surface area contributed by atoms with Crippen LogP contribution in [0.4, 0.5) is 11.4 Å². The zero-order valence-corrected chi connectivity index (χ0v) is 19.3. The molecule has 0 saturated heterocycles. The van der Waals surface area contributed by atoms with E-state index >= 15 is 0 Å². The van der Waals surface area contributed by atoms with E-state index in [1.165, 1.54) is 24.3 Å². The molecule has 0 unspecified atom stereocenters. The minimum absolute atomic E-state index is 0.0532. The van der Waals surface area contributed by atoms with E-state index in [4.69, 9.17) is 21.1 Å². The molecular formula is C23H23ClN2O5S. The highest BCUT2D eigenvalue weighted by atomic mass is 35.5. The zero-order valence-electron chi connectivity index (χ0n) is 17.8. The van der Waals surface area contributed by atoms with Crippen molar-refractivity contribution in [3.63, 3.8) is 0 Å². The van der Waals surface area contributed by atoms with Gasteiger partial charge in [0.05, 0.1) is 17.7 Å². The number of nitrogens with one attached hydrogen (secondary N) is 2. The van der Waals surface area contributed by atoms with Crippen molar-refractivity contribution in [2.75, 3.05) is 17.1 Å². The number of methoxy groups -OCH3 is 1. The Kier molecular flexibility index (Phi) is 7.27. The van der Waals surface area contributed by atoms with Gasteiger partial charge in [-0.1, -0.05) is 17.7 Å². The van der Waals surface area contributed by atoms with Crippen molar-refractivity contribution in [3.05, 3.63) is 77.3 Å². The quantitative estimate of drug-likeness (QED) is 0.486. The number of sulfonamides is 1. The van der Waals surface area contributed by atoms with Gasteiger partial charge in [0, 0.05) is 10.7 Å². The molecule has 1 atom stereocenters. The fourth-order valence-corrected chi connectivity index (χ4v) is 4.09. The van der Waals surface area contributed by atoms with E-state index in [0.717, 1.165) is 0 Å². The average molecular weight is 475 g/mol. The molecule has 0 spiro atoms. The number of carbonyl (C=O) groups is 1. The van der Waals surface area contributed by atoms with Gasteiger partial charge in [0.25, 0.3) is 15.9 Å². The molecule has 0 aliphatic rings. The van der Waals surface area contributed by atoms with Gasteiger partial charge in [-0.2, -0.15) is 0 Å². The van der Waals surface area contributed by atoms with Gasteiger partial charge in [0.2, 0.25) is 0 Å². The third kappa shape index (κ3) is 5.72. The van der Waals surface area contributed by atoms with Gasteiger partial charge in [0.1, 0.15) is 11.5 Å². The topological polar surface area (TPSA) is 93.7 Å². The average Bonchev–Trinajstić information content (AvgIpc) is 2.77. The van der Waals surface area contributed by atoms with Crippen molar-refractivity contribution in [1.82, 2.24) is 0 Å². The summed E-state index contributed by atoms with van der Waals surface area (Å²) in [6.45, 7) is 3.35. The number of rotatable bonds is 8. The molecule has 3 rings (SSSR count). The Hall–Kier alpha value is -3.23. The van der Waals surface area contributed by atoms with Gasteiger partial charge < -0.3 is 14.8 Å². The standard InChI is InChI=1S/C23H23ClN2O5S/c1-15-21(24)5-4-6-22(15)26-32(28,29)20-13-7-17(8-14-20)25-23(27)16(2)31-19-11-9-18(30-3)10-12-19/h4-14,16,26H,1-3H3,(H,25,27)/t16-/m0/s1. The Labute approximate surface area is 192 Å². The van der Waals surface area contributed by atoms with Crippen LogP contribution >= 0.6 is 11.6 Å². The van der Waals surface area contributed by atoms with E-state index in [1.54, 1.807) is 63.4 Å². The van der Waals surface area contributed by atoms with Crippen LogP contribution in [0.15, 0.2) is 71.6 Å². The predicted octanol–water partition coefficient (Wildman–Crippen LogP) is 4.86. The first kappa shape index (κ1) is 23.4. The maximum Gasteiger partial charge on any atom is 0.265 e. The highest BCUT2D eigenvalue weighted by Crippen LogP contribution is 2.26. The van der Waals surface area contributed by atoms with Crippen molar-refractivity contribution >= 4 is 38.9 Å². The molecule has 0 bridgehead atoms. The van der Waals surface area contributed by atoms with Crippen LogP contribution in [0.25, 0.3) is 0 Å². The van der Waals surface area contributed by atoms with Gasteiger partial charge in [-0.25, -0.2) is 8.42 Å². The summed E-state index contributed by atoms with van der Waals surface area (Å²) in [6, 6.07) is 17.7. The van der Waals surface area contributed by atoms with Gasteiger partial charge in [-0.15, -0.1) is 0 Å². The van der Waals surface area contributed by atoms with Crippen LogP contribution in [-0.4, -0.2) is 27.5 Å². The summed E-state index contributed by atoms with van der Waals surface area (Å²) in [4.78, 5) is 12.5. The maximum absolute atomic E-state index is 12.7. The third-order valence-electron chi connectivity index (χ3n) is 4.69. The first-order valence-corrected chi connectivity index (χ1v) is 11.6. The second-order valence-electron chi connectivity index (χ2n) is 6.97. The summed E-state index contributed by atoms with van der Waals surface area (Å²) in [5.74, 6) is 0.839. The molecule has 0 fully saturated rings. The fourth-order valence-electron chi connectivity index (χ4n) is 2.79. The van der Waals surface area contributed by atoms with E-state index in [0.29, 0.717) is 33.5 Å². The van der Waals surface area contributed by atoms with E-state index in [9.17, 15) is 13.2 Å². The zero-order chi connectivity index (χ0) is 23.3. The van der Waals surface area contributed by atoms with Crippen LogP contribution in [0.5, 0.6) is 11.5 Å². The maximum atomic E-state index is 12.7. The smallest absolute Gasteiger partial charge is 0.265 e. The summed E-state index contributed by atoms with van der Waals surface area (Å²) >= 11 is 6.06. The molecule has 0 radical (unpaired) electrons. The molecule has 1 amide bonds. The summed E-state index contributed by atoms with van der Waals surface area (Å²) in [6.07, 6.45) is -0.765. The Bertz CT molecular complexity index is 1200. The minimum Gasteiger partial charge on any atom is -0.497 e. The van der Waals surface area contributed by atoms with E-state index in [-0.39, 0.29) is 10.8 Å². The second-order valence-corrected chi connectivity index (χ2v) is 9.06. The molecule has 2 N–H and O–H groups in total. The van der Waals surface area contributed by atoms with E-state index < -0.39 is 16.1 Å². The van der Waals surface area contributed by atoms with E-state index in [1.807, 2.05) is 0 Å². The summed E-state index contributed by atoms with van der Waals surface area (Å²) < 4.78 is 38.6. The lowest BCUT2D eigenvalue weighted by Crippen LogP contribution is -2.30. The molecule has 0 aliphatic carbocycles. The third-order valence-corrected chi connectivity index (χ3v) is 6.48. The molecular weight excluding hydrogens is 452 g/mol. The summed E-state index contributed by atoms with van der Waals surface area (Å²) in [5, 5.41) is 3.18. The Morgan fingerprint density at radius 2 is 1.59 bits per heavy atom. The van der Waals surface area contributed by atoms with Crippen LogP contribution < -0.4 is 19.5 Å². The molecule has 32 heavy (non-hydrogen) atoms. The first-order chi connectivity index (χ1) is 15.2. The lowest BCUT2D eigenvalue weighted by molar-refractivity contribution is -0.122. The number of hydrogen-bond acceptors (Lipinski definition) is 5. The lowest BCUT2D eigenvalue weighted by Gasteiger charge is -2.15. The van der Waals surface area contributed by atoms with Gasteiger partial charge in [-0.05, 0) is 80.1 Å². The number of benzene rings is 3. The minimum atomic E-state index is -3.82. The van der Waals surface area contributed by atoms with Crippen LogP contribution in [0.1, 0.15) is 12.5 Å². The Morgan fingerprint density at radius 1 is 0.969 bits per heavy atom. The number of amides is 1. The number of hydrogen-bond donors (Lipinski definition) is 2. The second kappa shape index (κ2) is 9.93. The van der Waals surface area contributed by atoms with Crippen molar-refractivity contribution in [1.29, 1.82) is 0 Å². The van der Waals surface area contributed by atoms with Crippen molar-refractivity contribution < 1.29 is 22.7 Å². The van der Waals surface area contributed by atoms with Gasteiger partial charge in [-0.3, -0.25) is 9.52 Å². The Balaban J connectivity index is 1.64. The number of anilines is 2. The van der Waals surface area contributed by atoms with Crippen LogP contribution in [0.3, 0.4) is 0 Å². The monoisotopic (exact) mass is 474 g/mol. The van der Waals surface area contributed by atoms with Crippen LogP contribution in [0.2, 0.25) is 5.02 Å². The van der Waals surface area contributed by atoms with E-state index in [2.05, 4.69) is 10.0 Å². The normalized spacial score (nSPS) is 12.0. The highest BCUT2D eigenvalue weighted by Gasteiger charge is 2.18. The molecule has 7 nitrogen and oxygen atoms in total. The van der Waals surface area contributed by atoms with Gasteiger partial charge in [0.15, 0.2) is 6.10 Å². The van der Waals surface area contributed by atoms with Crippen molar-refractivity contribution in [3.8, 4) is 11.5 Å². The molecule has 0 heterocycles. The summed E-state index contributed by atoms with van der Waals surface area (Å²) in [7, 11) is -2.25. The first-order valence-electron chi connectivity index (χ1n) is 9.69. The predicted molar refractivity (Wildman–Crippen MR) is 125 cm³/mol. The number of halogens is 1. The lowest BCUT2D eigenvalue weighted by atomic mass is 10.2. The number of carbonyl (C=O) groups excluding carboxylic acids is 1. The summed E-state index contributed by atoms with van der Waals surface area (Å²) in [5.41, 5.74) is 1.48.